The molecule has 1 rings (SSSR count). The van der Waals surface area contributed by atoms with Crippen molar-refractivity contribution in [2.24, 2.45) is 0 Å². The molecule has 5 nitrogen and oxygen atoms in total. The van der Waals surface area contributed by atoms with Gasteiger partial charge in [-0.25, -0.2) is 0 Å². The summed E-state index contributed by atoms with van der Waals surface area (Å²) in [5.41, 5.74) is 7.68. The van der Waals surface area contributed by atoms with Gasteiger partial charge in [0.1, 0.15) is 0 Å². The molecular weight excluding hydrogens is 230 g/mol. The average molecular weight is 251 g/mol. The Hall–Kier alpha value is -1.75. The summed E-state index contributed by atoms with van der Waals surface area (Å²) in [6.45, 7) is 0.981. The number of hydrogen-bond acceptors (Lipinski definition) is 4. The topological polar surface area (TPSA) is 87.4 Å². The van der Waals surface area contributed by atoms with Crippen LogP contribution in [0.1, 0.15) is 29.6 Å². The Kier molecular flexibility index (Phi) is 6.00. The molecule has 0 aliphatic rings. The fraction of sp³-hybridized carbons (Fsp3) is 0.462. The van der Waals surface area contributed by atoms with E-state index in [1.807, 2.05) is 0 Å². The van der Waals surface area contributed by atoms with Crippen LogP contribution in [0.3, 0.4) is 0 Å². The third kappa shape index (κ3) is 4.25. The largest absolute Gasteiger partial charge is 0.399 e. The van der Waals surface area contributed by atoms with Gasteiger partial charge in [-0.15, -0.1) is 0 Å². The van der Waals surface area contributed by atoms with Crippen LogP contribution in [0, 0.1) is 0 Å². The van der Waals surface area contributed by atoms with Crippen LogP contribution in [0.4, 0.5) is 11.4 Å². The summed E-state index contributed by atoms with van der Waals surface area (Å²) < 4.78 is 0. The van der Waals surface area contributed by atoms with Gasteiger partial charge >= 0.3 is 0 Å². The first-order valence-electron chi connectivity index (χ1n) is 6.15. The van der Waals surface area contributed by atoms with Crippen LogP contribution in [-0.2, 0) is 0 Å². The van der Waals surface area contributed by atoms with Gasteiger partial charge in [-0.3, -0.25) is 4.79 Å². The number of aliphatic hydroxyl groups is 1. The number of anilines is 2. The molecule has 0 unspecified atom stereocenters. The molecule has 0 heterocycles. The first-order chi connectivity index (χ1) is 8.69. The molecule has 5 heteroatoms. The zero-order valence-corrected chi connectivity index (χ0v) is 10.7. The maximum absolute atomic E-state index is 11.7. The molecule has 1 amide bonds. The molecule has 0 atom stereocenters. The monoisotopic (exact) mass is 251 g/mol. The maximum Gasteiger partial charge on any atom is 0.253 e. The number of carbonyl (C=O) groups is 1. The minimum absolute atomic E-state index is 0.132. The predicted octanol–water partition coefficient (Wildman–Crippen LogP) is 1.20. The summed E-state index contributed by atoms with van der Waals surface area (Å²) in [4.78, 5) is 11.7. The first kappa shape index (κ1) is 14.3. The van der Waals surface area contributed by atoms with Gasteiger partial charge in [0.15, 0.2) is 0 Å². The van der Waals surface area contributed by atoms with Gasteiger partial charge < -0.3 is 21.5 Å². The highest BCUT2D eigenvalue weighted by atomic mass is 16.2. The number of carbonyl (C=O) groups excluding carboxylic acids is 1. The van der Waals surface area contributed by atoms with Crippen molar-refractivity contribution in [2.45, 2.75) is 19.3 Å². The Bertz CT molecular complexity index is 394. The minimum atomic E-state index is -0.132. The number of benzene rings is 1. The molecule has 0 saturated heterocycles. The van der Waals surface area contributed by atoms with Crippen molar-refractivity contribution < 1.29 is 9.90 Å². The van der Waals surface area contributed by atoms with Crippen LogP contribution in [0.25, 0.3) is 0 Å². The van der Waals surface area contributed by atoms with Gasteiger partial charge in [0.05, 0.1) is 5.56 Å². The highest BCUT2D eigenvalue weighted by Gasteiger charge is 2.09. The summed E-state index contributed by atoms with van der Waals surface area (Å²) in [5.74, 6) is -0.132. The third-order valence-electron chi connectivity index (χ3n) is 2.67. The predicted molar refractivity (Wildman–Crippen MR) is 73.7 cm³/mol. The van der Waals surface area contributed by atoms with Crippen LogP contribution in [0.5, 0.6) is 0 Å². The molecule has 0 aliphatic carbocycles. The molecule has 1 aromatic carbocycles. The van der Waals surface area contributed by atoms with Crippen LogP contribution in [-0.4, -0.2) is 31.2 Å². The van der Waals surface area contributed by atoms with Gasteiger partial charge in [0.2, 0.25) is 0 Å². The molecule has 0 radical (unpaired) electrons. The van der Waals surface area contributed by atoms with E-state index in [0.717, 1.165) is 31.5 Å². The summed E-state index contributed by atoms with van der Waals surface area (Å²) in [6.07, 6.45) is 2.71. The Labute approximate surface area is 107 Å². The lowest BCUT2D eigenvalue weighted by Gasteiger charge is -2.12. The molecule has 0 bridgehead atoms. The van der Waals surface area contributed by atoms with E-state index >= 15 is 0 Å². The van der Waals surface area contributed by atoms with E-state index in [1.54, 1.807) is 25.2 Å². The highest BCUT2D eigenvalue weighted by Crippen LogP contribution is 2.19. The molecule has 18 heavy (non-hydrogen) atoms. The average Bonchev–Trinajstić information content (AvgIpc) is 2.38. The fourth-order valence-electron chi connectivity index (χ4n) is 1.68. The molecule has 0 fully saturated rings. The number of nitrogens with one attached hydrogen (secondary N) is 2. The number of aliphatic hydroxyl groups excluding tert-OH is 1. The van der Waals surface area contributed by atoms with Crippen molar-refractivity contribution >= 4 is 17.3 Å². The Morgan fingerprint density at radius 2 is 2.11 bits per heavy atom. The summed E-state index contributed by atoms with van der Waals surface area (Å²) >= 11 is 0. The zero-order valence-electron chi connectivity index (χ0n) is 10.7. The Morgan fingerprint density at radius 3 is 2.78 bits per heavy atom. The second-order valence-electron chi connectivity index (χ2n) is 4.10. The quantitative estimate of drug-likeness (QED) is 0.433. The molecule has 5 N–H and O–H groups in total. The number of unbranched alkanes of at least 4 members (excludes halogenated alkanes) is 2. The SMILES string of the molecule is CNC(=O)c1ccc(N)cc1NCCCCCO. The van der Waals surface area contributed by atoms with Gasteiger partial charge in [0.25, 0.3) is 5.91 Å². The molecule has 0 aromatic heterocycles. The van der Waals surface area contributed by atoms with Crippen molar-refractivity contribution in [2.75, 3.05) is 31.2 Å². The van der Waals surface area contributed by atoms with E-state index in [0.29, 0.717) is 11.3 Å². The summed E-state index contributed by atoms with van der Waals surface area (Å²) in [7, 11) is 1.60. The lowest BCUT2D eigenvalue weighted by atomic mass is 10.1. The van der Waals surface area contributed by atoms with Crippen LogP contribution >= 0.6 is 0 Å². The van der Waals surface area contributed by atoms with Gasteiger partial charge in [-0.1, -0.05) is 0 Å². The van der Waals surface area contributed by atoms with Gasteiger partial charge in [-0.2, -0.15) is 0 Å². The molecular formula is C13H21N3O2. The molecule has 1 aromatic rings. The van der Waals surface area contributed by atoms with Gasteiger partial charge in [-0.05, 0) is 37.5 Å². The third-order valence-corrected chi connectivity index (χ3v) is 2.67. The van der Waals surface area contributed by atoms with Crippen molar-refractivity contribution in [1.82, 2.24) is 5.32 Å². The lowest BCUT2D eigenvalue weighted by molar-refractivity contribution is 0.0964. The number of nitrogen functional groups attached to an aromatic ring is 1. The normalized spacial score (nSPS) is 10.1. The Morgan fingerprint density at radius 1 is 1.33 bits per heavy atom. The molecule has 0 saturated carbocycles. The maximum atomic E-state index is 11.7. The number of amides is 1. The van der Waals surface area contributed by atoms with Crippen molar-refractivity contribution in [3.63, 3.8) is 0 Å². The van der Waals surface area contributed by atoms with Crippen molar-refractivity contribution in [1.29, 1.82) is 0 Å². The van der Waals surface area contributed by atoms with Crippen LogP contribution < -0.4 is 16.4 Å². The number of hydrogen-bond donors (Lipinski definition) is 4. The smallest absolute Gasteiger partial charge is 0.253 e. The zero-order chi connectivity index (χ0) is 13.4. The van der Waals surface area contributed by atoms with E-state index in [-0.39, 0.29) is 12.5 Å². The minimum Gasteiger partial charge on any atom is -0.399 e. The van der Waals surface area contributed by atoms with E-state index in [1.165, 1.54) is 0 Å². The van der Waals surface area contributed by atoms with E-state index in [9.17, 15) is 4.79 Å². The molecule has 100 valence electrons. The number of nitrogens with two attached hydrogens (primary N) is 1. The van der Waals surface area contributed by atoms with Crippen molar-refractivity contribution in [3.05, 3.63) is 23.8 Å². The summed E-state index contributed by atoms with van der Waals surface area (Å²) in [5, 5.41) is 14.5. The number of rotatable bonds is 7. The fourth-order valence-corrected chi connectivity index (χ4v) is 1.68. The first-order valence-corrected chi connectivity index (χ1v) is 6.15. The highest BCUT2D eigenvalue weighted by molar-refractivity contribution is 6.00. The summed E-state index contributed by atoms with van der Waals surface area (Å²) in [6, 6.07) is 5.18. The lowest BCUT2D eigenvalue weighted by Crippen LogP contribution is -2.20. The van der Waals surface area contributed by atoms with E-state index in [2.05, 4.69) is 10.6 Å². The Balaban J connectivity index is 2.62. The second-order valence-corrected chi connectivity index (χ2v) is 4.10. The molecule has 0 spiro atoms. The van der Waals surface area contributed by atoms with E-state index in [4.69, 9.17) is 10.8 Å². The standard InChI is InChI=1S/C13H21N3O2/c1-15-13(18)11-6-5-10(14)9-12(11)16-7-3-2-4-8-17/h5-6,9,16-17H,2-4,7-8,14H2,1H3,(H,15,18). The van der Waals surface area contributed by atoms with Crippen molar-refractivity contribution in [3.8, 4) is 0 Å². The molecule has 0 aliphatic heterocycles. The second kappa shape index (κ2) is 7.55. The van der Waals surface area contributed by atoms with E-state index < -0.39 is 0 Å². The van der Waals surface area contributed by atoms with Crippen LogP contribution in [0.15, 0.2) is 18.2 Å². The van der Waals surface area contributed by atoms with Gasteiger partial charge in [0, 0.05) is 31.6 Å². The van der Waals surface area contributed by atoms with Crippen LogP contribution in [0.2, 0.25) is 0 Å².